The molecule has 0 aliphatic carbocycles. The first-order valence-corrected chi connectivity index (χ1v) is 10.8. The van der Waals surface area contributed by atoms with Crippen LogP contribution in [0.4, 0.5) is 5.13 Å². The van der Waals surface area contributed by atoms with Gasteiger partial charge in [-0.3, -0.25) is 14.5 Å². The predicted octanol–water partition coefficient (Wildman–Crippen LogP) is 4.25. The number of rotatable bonds is 5. The Morgan fingerprint density at radius 2 is 1.72 bits per heavy atom. The van der Waals surface area contributed by atoms with Crippen molar-refractivity contribution < 1.29 is 24.2 Å². The van der Waals surface area contributed by atoms with E-state index in [2.05, 4.69) is 4.98 Å². The second kappa shape index (κ2) is 8.76. The van der Waals surface area contributed by atoms with Crippen LogP contribution in [0.5, 0.6) is 0 Å². The van der Waals surface area contributed by atoms with Crippen LogP contribution in [0.2, 0.25) is 0 Å². The monoisotopic (exact) mass is 448 g/mol. The number of carbonyl (C=O) groups excluding carboxylic acids is 3. The van der Waals surface area contributed by atoms with Gasteiger partial charge in [0, 0.05) is 5.56 Å². The van der Waals surface area contributed by atoms with Crippen LogP contribution in [-0.2, 0) is 14.3 Å². The molecule has 1 unspecified atom stereocenters. The van der Waals surface area contributed by atoms with Crippen molar-refractivity contribution in [2.24, 2.45) is 0 Å². The lowest BCUT2D eigenvalue weighted by molar-refractivity contribution is -0.132. The van der Waals surface area contributed by atoms with Gasteiger partial charge in [-0.15, -0.1) is 0 Å². The highest BCUT2D eigenvalue weighted by atomic mass is 32.1. The van der Waals surface area contributed by atoms with E-state index < -0.39 is 23.7 Å². The van der Waals surface area contributed by atoms with Crippen molar-refractivity contribution in [3.05, 3.63) is 87.9 Å². The van der Waals surface area contributed by atoms with E-state index in [9.17, 15) is 19.5 Å². The number of aryl methyl sites for hydroxylation is 1. The Morgan fingerprint density at radius 3 is 2.34 bits per heavy atom. The van der Waals surface area contributed by atoms with Crippen LogP contribution in [0, 0.1) is 6.92 Å². The number of carbonyl (C=O) groups is 3. The van der Waals surface area contributed by atoms with Crippen molar-refractivity contribution in [1.82, 2.24) is 4.98 Å². The number of ether oxygens (including phenoxy) is 1. The molecule has 4 rings (SSSR count). The molecule has 162 valence electrons. The van der Waals surface area contributed by atoms with E-state index in [1.807, 2.05) is 6.07 Å². The van der Waals surface area contributed by atoms with E-state index in [4.69, 9.17) is 4.74 Å². The van der Waals surface area contributed by atoms with Gasteiger partial charge in [0.2, 0.25) is 0 Å². The van der Waals surface area contributed by atoms with Gasteiger partial charge in [0.25, 0.3) is 5.78 Å². The number of thiazole rings is 1. The second-order valence-corrected chi connectivity index (χ2v) is 8.05. The highest BCUT2D eigenvalue weighted by Gasteiger charge is 2.48. The third-order valence-corrected chi connectivity index (χ3v) is 6.20. The van der Waals surface area contributed by atoms with Crippen molar-refractivity contribution in [3.8, 4) is 0 Å². The van der Waals surface area contributed by atoms with Gasteiger partial charge in [-0.2, -0.15) is 0 Å². The summed E-state index contributed by atoms with van der Waals surface area (Å²) in [5.74, 6) is -2.43. The highest BCUT2D eigenvalue weighted by molar-refractivity contribution is 7.17. The average Bonchev–Trinajstić information content (AvgIpc) is 3.32. The van der Waals surface area contributed by atoms with Crippen LogP contribution in [0.1, 0.15) is 39.5 Å². The van der Waals surface area contributed by atoms with Gasteiger partial charge in [-0.1, -0.05) is 72.0 Å². The number of ketones is 1. The molecule has 1 N–H and O–H groups in total. The summed E-state index contributed by atoms with van der Waals surface area (Å²) in [6, 6.07) is 16.6. The molecule has 0 saturated carbocycles. The van der Waals surface area contributed by atoms with Gasteiger partial charge >= 0.3 is 11.9 Å². The SMILES string of the molecule is CCOC(=O)c1sc(N2C(=O)C(=O)C(=C(O)c3ccccc3)C2c2ccccc2)nc1C. The third-order valence-electron chi connectivity index (χ3n) is 5.06. The molecule has 1 amide bonds. The number of hydrogen-bond acceptors (Lipinski definition) is 7. The van der Waals surface area contributed by atoms with Crippen molar-refractivity contribution >= 4 is 39.9 Å². The van der Waals surface area contributed by atoms with Gasteiger partial charge < -0.3 is 9.84 Å². The molecule has 1 saturated heterocycles. The Hall–Kier alpha value is -3.78. The molecule has 32 heavy (non-hydrogen) atoms. The average molecular weight is 449 g/mol. The summed E-state index contributed by atoms with van der Waals surface area (Å²) in [6.07, 6.45) is 0. The molecule has 1 atom stereocenters. The molecule has 0 spiro atoms. The van der Waals surface area contributed by atoms with Crippen LogP contribution in [0.3, 0.4) is 0 Å². The number of aliphatic hydroxyl groups is 1. The van der Waals surface area contributed by atoms with Crippen LogP contribution in [0.25, 0.3) is 5.76 Å². The van der Waals surface area contributed by atoms with Crippen molar-refractivity contribution in [2.75, 3.05) is 11.5 Å². The van der Waals surface area contributed by atoms with E-state index in [-0.39, 0.29) is 27.9 Å². The number of anilines is 1. The van der Waals surface area contributed by atoms with E-state index in [1.54, 1.807) is 68.4 Å². The predicted molar refractivity (Wildman–Crippen MR) is 120 cm³/mol. The number of aliphatic hydroxyl groups excluding tert-OH is 1. The Bertz CT molecular complexity index is 1220. The van der Waals surface area contributed by atoms with Gasteiger partial charge in [-0.25, -0.2) is 9.78 Å². The van der Waals surface area contributed by atoms with Crippen molar-refractivity contribution in [1.29, 1.82) is 0 Å². The fraction of sp³-hybridized carbons (Fsp3) is 0.167. The lowest BCUT2D eigenvalue weighted by Gasteiger charge is -2.22. The Kier molecular flexibility index (Phi) is 5.87. The summed E-state index contributed by atoms with van der Waals surface area (Å²) in [5.41, 5.74) is 1.43. The smallest absolute Gasteiger partial charge is 0.350 e. The summed E-state index contributed by atoms with van der Waals surface area (Å²) in [5, 5.41) is 11.2. The highest BCUT2D eigenvalue weighted by Crippen LogP contribution is 2.43. The quantitative estimate of drug-likeness (QED) is 0.271. The van der Waals surface area contributed by atoms with E-state index in [0.717, 1.165) is 11.3 Å². The summed E-state index contributed by atoms with van der Waals surface area (Å²) in [7, 11) is 0. The first-order valence-electron chi connectivity index (χ1n) is 10.00. The molecule has 0 radical (unpaired) electrons. The number of benzene rings is 2. The number of hydrogen-bond donors (Lipinski definition) is 1. The molecule has 0 bridgehead atoms. The van der Waals surface area contributed by atoms with Gasteiger partial charge in [0.1, 0.15) is 10.6 Å². The second-order valence-electron chi connectivity index (χ2n) is 7.08. The van der Waals surface area contributed by atoms with Gasteiger partial charge in [0.15, 0.2) is 5.13 Å². The number of amides is 1. The molecule has 1 aliphatic rings. The minimum Gasteiger partial charge on any atom is -0.507 e. The molecule has 1 fully saturated rings. The zero-order valence-electron chi connectivity index (χ0n) is 17.4. The lowest BCUT2D eigenvalue weighted by Crippen LogP contribution is -2.29. The van der Waals surface area contributed by atoms with Crippen LogP contribution >= 0.6 is 11.3 Å². The van der Waals surface area contributed by atoms with Crippen molar-refractivity contribution in [3.63, 3.8) is 0 Å². The Balaban J connectivity index is 1.89. The minimum atomic E-state index is -0.892. The first kappa shape index (κ1) is 21.5. The van der Waals surface area contributed by atoms with Crippen LogP contribution < -0.4 is 4.90 Å². The number of nitrogens with zero attached hydrogens (tertiary/aromatic N) is 2. The molecular weight excluding hydrogens is 428 g/mol. The Morgan fingerprint density at radius 1 is 1.09 bits per heavy atom. The molecule has 1 aliphatic heterocycles. The maximum absolute atomic E-state index is 13.1. The normalized spacial score (nSPS) is 17.6. The molecule has 8 heteroatoms. The number of esters is 1. The van der Waals surface area contributed by atoms with Gasteiger partial charge in [-0.05, 0) is 19.4 Å². The van der Waals surface area contributed by atoms with Crippen LogP contribution in [-0.4, -0.2) is 34.4 Å². The maximum Gasteiger partial charge on any atom is 0.350 e. The molecule has 2 aromatic carbocycles. The molecular formula is C24H20N2O5S. The summed E-state index contributed by atoms with van der Waals surface area (Å²) in [6.45, 7) is 3.55. The summed E-state index contributed by atoms with van der Waals surface area (Å²) in [4.78, 5) is 44.4. The molecule has 1 aromatic heterocycles. The number of aromatic nitrogens is 1. The first-order chi connectivity index (χ1) is 15.4. The van der Waals surface area contributed by atoms with E-state index in [1.165, 1.54) is 4.90 Å². The third kappa shape index (κ3) is 3.69. The zero-order valence-corrected chi connectivity index (χ0v) is 18.3. The van der Waals surface area contributed by atoms with Crippen molar-refractivity contribution in [2.45, 2.75) is 19.9 Å². The lowest BCUT2D eigenvalue weighted by atomic mass is 9.95. The van der Waals surface area contributed by atoms with Crippen LogP contribution in [0.15, 0.2) is 66.2 Å². The molecule has 7 nitrogen and oxygen atoms in total. The minimum absolute atomic E-state index is 0.0297. The summed E-state index contributed by atoms with van der Waals surface area (Å²) < 4.78 is 5.07. The fourth-order valence-corrected chi connectivity index (χ4v) is 4.59. The Labute approximate surface area is 188 Å². The molecule has 3 aromatic rings. The maximum atomic E-state index is 13.1. The largest absolute Gasteiger partial charge is 0.507 e. The fourth-order valence-electron chi connectivity index (χ4n) is 3.60. The molecule has 2 heterocycles. The zero-order chi connectivity index (χ0) is 22.8. The van der Waals surface area contributed by atoms with E-state index in [0.29, 0.717) is 16.8 Å². The topological polar surface area (TPSA) is 96.8 Å². The summed E-state index contributed by atoms with van der Waals surface area (Å²) >= 11 is 0.982. The van der Waals surface area contributed by atoms with Gasteiger partial charge in [0.05, 0.1) is 23.9 Å². The standard InChI is InChI=1S/C24H20N2O5S/c1-3-31-23(30)21-14(2)25-24(32-21)26-18(15-10-6-4-7-11-15)17(20(28)22(26)29)19(27)16-12-8-5-9-13-16/h4-13,18,27H,3H2,1-2H3. The van der Waals surface area contributed by atoms with E-state index >= 15 is 0 Å². The number of Topliss-reactive ketones (excluding diaryl/α,β-unsaturated/α-hetero) is 1.